The number of aryl methyl sites for hydroxylation is 1. The summed E-state index contributed by atoms with van der Waals surface area (Å²) in [5, 5.41) is 23.7. The third-order valence-electron chi connectivity index (χ3n) is 3.52. The second kappa shape index (κ2) is 6.14. The maximum absolute atomic E-state index is 11.1. The predicted octanol–water partition coefficient (Wildman–Crippen LogP) is 2.42. The van der Waals surface area contributed by atoms with Gasteiger partial charge in [-0.15, -0.1) is 0 Å². The summed E-state index contributed by atoms with van der Waals surface area (Å²) in [5.41, 5.74) is 2.43. The number of thiol groups is 1. The fourth-order valence-corrected chi connectivity index (χ4v) is 2.72. The molecule has 0 saturated carbocycles. The van der Waals surface area contributed by atoms with E-state index < -0.39 is 10.6 Å². The highest BCUT2D eigenvalue weighted by molar-refractivity contribution is 7.73. The Morgan fingerprint density at radius 1 is 1.25 bits per heavy atom. The first-order chi connectivity index (χ1) is 11.5. The number of hydrogen-bond donors (Lipinski definition) is 3. The van der Waals surface area contributed by atoms with Gasteiger partial charge in [-0.3, -0.25) is 4.78 Å². The molecular weight excluding hydrogens is 326 g/mol. The molecule has 2 N–H and O–H groups in total. The summed E-state index contributed by atoms with van der Waals surface area (Å²) in [5.74, 6) is 0.281. The molecule has 2 heterocycles. The van der Waals surface area contributed by atoms with Crippen molar-refractivity contribution >= 4 is 10.6 Å². The first kappa shape index (κ1) is 15.7. The van der Waals surface area contributed by atoms with Crippen LogP contribution < -0.4 is 0 Å². The maximum atomic E-state index is 11.1. The van der Waals surface area contributed by atoms with Crippen LogP contribution in [0.2, 0.25) is 0 Å². The van der Waals surface area contributed by atoms with Crippen molar-refractivity contribution in [2.75, 3.05) is 0 Å². The fraction of sp³-hybridized carbons (Fsp3) is 0.0625. The SMILES string of the molecule is Cc1nn(-c2ccc([SH](=N)=O)cn2)c(O)c1-c1ccc(C#N)cc1. The number of hydrogen-bond acceptors (Lipinski definition) is 6. The Labute approximate surface area is 139 Å². The molecular formula is C16H13N5O2S. The summed E-state index contributed by atoms with van der Waals surface area (Å²) >= 11 is 0. The van der Waals surface area contributed by atoms with Crippen LogP contribution in [0, 0.1) is 23.0 Å². The predicted molar refractivity (Wildman–Crippen MR) is 88.4 cm³/mol. The van der Waals surface area contributed by atoms with Crippen molar-refractivity contribution in [1.29, 1.82) is 10.0 Å². The number of aromatic hydroxyl groups is 1. The number of pyridine rings is 1. The standard InChI is InChI=1S/C16H13N5O2S/c1-10-15(12-4-2-11(8-17)3-5-12)16(22)21(20-10)14-7-6-13(9-19-14)24(18)23/h2-7,9,18,22,24H,1H3. The first-order valence-electron chi connectivity index (χ1n) is 6.95. The number of aromatic nitrogens is 3. The van der Waals surface area contributed by atoms with E-state index in [1.165, 1.54) is 16.9 Å². The van der Waals surface area contributed by atoms with E-state index in [0.717, 1.165) is 5.56 Å². The lowest BCUT2D eigenvalue weighted by atomic mass is 10.0. The summed E-state index contributed by atoms with van der Waals surface area (Å²) in [7, 11) is -2.21. The zero-order chi connectivity index (χ0) is 17.3. The van der Waals surface area contributed by atoms with Gasteiger partial charge in [0.15, 0.2) is 5.82 Å². The number of nitrogens with one attached hydrogen (secondary N) is 1. The van der Waals surface area contributed by atoms with E-state index >= 15 is 0 Å². The number of nitrogens with zero attached hydrogens (tertiary/aromatic N) is 4. The molecule has 3 rings (SSSR count). The van der Waals surface area contributed by atoms with Gasteiger partial charge >= 0.3 is 0 Å². The van der Waals surface area contributed by atoms with Crippen LogP contribution in [0.15, 0.2) is 47.5 Å². The van der Waals surface area contributed by atoms with Crippen LogP contribution in [0.3, 0.4) is 0 Å². The quantitative estimate of drug-likeness (QED) is 0.634. The molecule has 0 fully saturated rings. The smallest absolute Gasteiger partial charge is 0.223 e. The molecule has 0 radical (unpaired) electrons. The number of rotatable bonds is 3. The van der Waals surface area contributed by atoms with Gasteiger partial charge in [-0.2, -0.15) is 15.0 Å². The van der Waals surface area contributed by atoms with Crippen LogP contribution in [0.1, 0.15) is 11.3 Å². The monoisotopic (exact) mass is 339 g/mol. The highest BCUT2D eigenvalue weighted by Crippen LogP contribution is 2.33. The lowest BCUT2D eigenvalue weighted by Crippen LogP contribution is -1.99. The summed E-state index contributed by atoms with van der Waals surface area (Å²) < 4.78 is 19.6. The van der Waals surface area contributed by atoms with Crippen LogP contribution in [0.25, 0.3) is 16.9 Å². The van der Waals surface area contributed by atoms with E-state index in [-0.39, 0.29) is 5.88 Å². The molecule has 0 amide bonds. The van der Waals surface area contributed by atoms with Crippen LogP contribution in [0.5, 0.6) is 5.88 Å². The molecule has 24 heavy (non-hydrogen) atoms. The maximum Gasteiger partial charge on any atom is 0.223 e. The molecule has 0 aliphatic carbocycles. The van der Waals surface area contributed by atoms with E-state index in [1.54, 1.807) is 37.3 Å². The Morgan fingerprint density at radius 2 is 1.96 bits per heavy atom. The molecule has 0 spiro atoms. The third-order valence-corrected chi connectivity index (χ3v) is 4.26. The molecule has 1 unspecified atom stereocenters. The minimum Gasteiger partial charge on any atom is -0.493 e. The molecule has 0 aliphatic heterocycles. The van der Waals surface area contributed by atoms with Crippen LogP contribution >= 0.6 is 0 Å². The van der Waals surface area contributed by atoms with Gasteiger partial charge in [0.05, 0.1) is 38.4 Å². The van der Waals surface area contributed by atoms with Crippen LogP contribution in [-0.4, -0.2) is 24.1 Å². The average Bonchev–Trinajstić information content (AvgIpc) is 2.89. The molecule has 0 aliphatic rings. The lowest BCUT2D eigenvalue weighted by Gasteiger charge is -2.04. The highest BCUT2D eigenvalue weighted by atomic mass is 32.2. The van der Waals surface area contributed by atoms with Gasteiger partial charge in [0.1, 0.15) is 0 Å². The molecule has 2 aromatic heterocycles. The van der Waals surface area contributed by atoms with Crippen molar-refractivity contribution in [3.05, 3.63) is 53.9 Å². The molecule has 8 heteroatoms. The zero-order valence-electron chi connectivity index (χ0n) is 12.6. The normalized spacial score (nSPS) is 11.8. The van der Waals surface area contributed by atoms with Crippen LogP contribution in [-0.2, 0) is 10.6 Å². The molecule has 120 valence electrons. The molecule has 0 saturated heterocycles. The zero-order valence-corrected chi connectivity index (χ0v) is 13.5. The highest BCUT2D eigenvalue weighted by Gasteiger charge is 2.18. The Hall–Kier alpha value is -3.18. The Balaban J connectivity index is 2.07. The minimum absolute atomic E-state index is 0.0762. The van der Waals surface area contributed by atoms with E-state index in [9.17, 15) is 9.32 Å². The van der Waals surface area contributed by atoms with Gasteiger partial charge in [0.25, 0.3) is 0 Å². The van der Waals surface area contributed by atoms with Gasteiger partial charge in [-0.1, -0.05) is 12.1 Å². The summed E-state index contributed by atoms with van der Waals surface area (Å²) in [6.45, 7) is 1.76. The van der Waals surface area contributed by atoms with Crippen molar-refractivity contribution in [3.63, 3.8) is 0 Å². The van der Waals surface area contributed by atoms with E-state index in [4.69, 9.17) is 10.0 Å². The number of benzene rings is 1. The van der Waals surface area contributed by atoms with Gasteiger partial charge in [-0.25, -0.2) is 9.19 Å². The van der Waals surface area contributed by atoms with Gasteiger partial charge < -0.3 is 5.11 Å². The van der Waals surface area contributed by atoms with E-state index in [1.807, 2.05) is 6.07 Å². The number of nitriles is 1. The second-order valence-electron chi connectivity index (χ2n) is 5.05. The molecule has 1 atom stereocenters. The Bertz CT molecular complexity index is 1000. The Kier molecular flexibility index (Phi) is 4.02. The lowest BCUT2D eigenvalue weighted by molar-refractivity contribution is 0.433. The van der Waals surface area contributed by atoms with Crippen molar-refractivity contribution in [1.82, 2.24) is 14.8 Å². The largest absolute Gasteiger partial charge is 0.493 e. The van der Waals surface area contributed by atoms with E-state index in [2.05, 4.69) is 10.1 Å². The molecule has 0 bridgehead atoms. The van der Waals surface area contributed by atoms with Gasteiger partial charge in [0, 0.05) is 6.20 Å². The van der Waals surface area contributed by atoms with Crippen molar-refractivity contribution in [3.8, 4) is 28.9 Å². The van der Waals surface area contributed by atoms with Crippen molar-refractivity contribution in [2.45, 2.75) is 11.8 Å². The molecule has 7 nitrogen and oxygen atoms in total. The summed E-state index contributed by atoms with van der Waals surface area (Å²) in [6.07, 6.45) is 1.33. The van der Waals surface area contributed by atoms with E-state index in [0.29, 0.717) is 27.5 Å². The minimum atomic E-state index is -2.21. The fourth-order valence-electron chi connectivity index (χ4n) is 2.35. The van der Waals surface area contributed by atoms with Gasteiger partial charge in [-0.05, 0) is 36.8 Å². The summed E-state index contributed by atoms with van der Waals surface area (Å²) in [6, 6.07) is 11.9. The molecule has 3 aromatic rings. The van der Waals surface area contributed by atoms with Crippen LogP contribution in [0.4, 0.5) is 0 Å². The summed E-state index contributed by atoms with van der Waals surface area (Å²) in [4.78, 5) is 4.41. The van der Waals surface area contributed by atoms with Crippen molar-refractivity contribution in [2.24, 2.45) is 0 Å². The Morgan fingerprint density at radius 3 is 2.50 bits per heavy atom. The third kappa shape index (κ3) is 2.73. The topological polar surface area (TPSA) is 116 Å². The second-order valence-corrected chi connectivity index (χ2v) is 6.16. The first-order valence-corrected chi connectivity index (χ1v) is 8.21. The molecule has 1 aromatic carbocycles. The van der Waals surface area contributed by atoms with Crippen molar-refractivity contribution < 1.29 is 9.32 Å². The van der Waals surface area contributed by atoms with Gasteiger partial charge in [0.2, 0.25) is 5.88 Å². The average molecular weight is 339 g/mol.